The summed E-state index contributed by atoms with van der Waals surface area (Å²) < 4.78 is 1.50. The van der Waals surface area contributed by atoms with E-state index in [-0.39, 0.29) is 29.2 Å². The van der Waals surface area contributed by atoms with Crippen LogP contribution < -0.4 is 5.32 Å². The number of amides is 2. The quantitative estimate of drug-likeness (QED) is 0.902. The predicted octanol–water partition coefficient (Wildman–Crippen LogP) is 0.725. The molecule has 7 heteroatoms. The van der Waals surface area contributed by atoms with Crippen molar-refractivity contribution in [2.75, 3.05) is 13.6 Å². The Hall–Kier alpha value is -2.70. The Balaban J connectivity index is 1.72. The average molecular weight is 313 g/mol. The van der Waals surface area contributed by atoms with Gasteiger partial charge in [-0.05, 0) is 18.9 Å². The van der Waals surface area contributed by atoms with E-state index in [1.807, 2.05) is 37.3 Å². The van der Waals surface area contributed by atoms with E-state index in [2.05, 4.69) is 15.6 Å². The predicted molar refractivity (Wildman–Crippen MR) is 84.1 cm³/mol. The molecule has 7 nitrogen and oxygen atoms in total. The molecule has 120 valence electrons. The number of carbonyl (C=O) groups excluding carboxylic acids is 2. The summed E-state index contributed by atoms with van der Waals surface area (Å²) >= 11 is 0. The molecule has 23 heavy (non-hydrogen) atoms. The van der Waals surface area contributed by atoms with Crippen LogP contribution in [0.2, 0.25) is 0 Å². The summed E-state index contributed by atoms with van der Waals surface area (Å²) in [6, 6.07) is 9.92. The van der Waals surface area contributed by atoms with Crippen LogP contribution >= 0.6 is 0 Å². The zero-order chi connectivity index (χ0) is 16.4. The number of rotatable bonds is 4. The fourth-order valence-electron chi connectivity index (χ4n) is 2.63. The molecule has 0 saturated heterocycles. The summed E-state index contributed by atoms with van der Waals surface area (Å²) in [5.41, 5.74) is 1.52. The molecule has 1 aliphatic heterocycles. The molecule has 2 amide bonds. The highest BCUT2D eigenvalue weighted by atomic mass is 16.2. The zero-order valence-electron chi connectivity index (χ0n) is 13.2. The number of fused-ring (bicyclic) bond motifs is 1. The maximum atomic E-state index is 12.6. The highest BCUT2D eigenvalue weighted by Crippen LogP contribution is 2.13. The maximum absolute atomic E-state index is 12.6. The van der Waals surface area contributed by atoms with E-state index < -0.39 is 0 Å². The Bertz CT molecular complexity index is 725. The Morgan fingerprint density at radius 1 is 1.39 bits per heavy atom. The first-order valence-electron chi connectivity index (χ1n) is 7.60. The second kappa shape index (κ2) is 6.20. The van der Waals surface area contributed by atoms with E-state index in [0.29, 0.717) is 13.1 Å². The Kier molecular flexibility index (Phi) is 4.10. The van der Waals surface area contributed by atoms with Gasteiger partial charge in [-0.2, -0.15) is 0 Å². The van der Waals surface area contributed by atoms with Gasteiger partial charge in [0.05, 0.1) is 6.54 Å². The monoisotopic (exact) mass is 313 g/mol. The van der Waals surface area contributed by atoms with E-state index in [4.69, 9.17) is 0 Å². The second-order valence-corrected chi connectivity index (χ2v) is 5.81. The molecule has 2 heterocycles. The first-order valence-corrected chi connectivity index (χ1v) is 7.60. The van der Waals surface area contributed by atoms with Gasteiger partial charge in [-0.1, -0.05) is 35.5 Å². The molecule has 3 rings (SSSR count). The lowest BCUT2D eigenvalue weighted by Crippen LogP contribution is -2.43. The molecule has 0 radical (unpaired) electrons. The van der Waals surface area contributed by atoms with Gasteiger partial charge in [-0.3, -0.25) is 9.59 Å². The first-order chi connectivity index (χ1) is 11.1. The largest absolute Gasteiger partial charge is 0.346 e. The van der Waals surface area contributed by atoms with Gasteiger partial charge >= 0.3 is 0 Å². The van der Waals surface area contributed by atoms with Crippen molar-refractivity contribution >= 4 is 11.8 Å². The lowest BCUT2D eigenvalue weighted by atomic mass is 10.1. The fourth-order valence-corrected chi connectivity index (χ4v) is 2.63. The summed E-state index contributed by atoms with van der Waals surface area (Å²) in [6.07, 6.45) is 0.746. The van der Waals surface area contributed by atoms with Crippen LogP contribution in [0.5, 0.6) is 0 Å². The van der Waals surface area contributed by atoms with Gasteiger partial charge in [0.15, 0.2) is 11.4 Å². The van der Waals surface area contributed by atoms with E-state index in [1.54, 1.807) is 11.9 Å². The van der Waals surface area contributed by atoms with Crippen LogP contribution in [0.1, 0.15) is 33.5 Å². The summed E-state index contributed by atoms with van der Waals surface area (Å²) in [6.45, 7) is 2.96. The van der Waals surface area contributed by atoms with E-state index in [9.17, 15) is 9.59 Å². The second-order valence-electron chi connectivity index (χ2n) is 5.81. The van der Waals surface area contributed by atoms with Crippen molar-refractivity contribution in [2.45, 2.75) is 25.9 Å². The van der Waals surface area contributed by atoms with Crippen molar-refractivity contribution in [2.24, 2.45) is 0 Å². The van der Waals surface area contributed by atoms with Crippen LogP contribution in [-0.2, 0) is 13.0 Å². The van der Waals surface area contributed by atoms with Gasteiger partial charge in [0.1, 0.15) is 0 Å². The third-order valence-electron chi connectivity index (χ3n) is 3.90. The third kappa shape index (κ3) is 3.08. The molecule has 1 aromatic carbocycles. The number of hydrogen-bond donors (Lipinski definition) is 1. The smallest absolute Gasteiger partial charge is 0.276 e. The lowest BCUT2D eigenvalue weighted by molar-refractivity contribution is 0.0778. The number of carbonyl (C=O) groups is 2. The van der Waals surface area contributed by atoms with E-state index in [1.165, 1.54) is 4.68 Å². The molecule has 0 aliphatic carbocycles. The fraction of sp³-hybridized carbons (Fsp3) is 0.375. The molecule has 0 spiro atoms. The van der Waals surface area contributed by atoms with Crippen LogP contribution in [0.3, 0.4) is 0 Å². The number of hydrogen-bond acceptors (Lipinski definition) is 4. The third-order valence-corrected chi connectivity index (χ3v) is 3.90. The zero-order valence-corrected chi connectivity index (χ0v) is 13.2. The summed E-state index contributed by atoms with van der Waals surface area (Å²) in [4.78, 5) is 26.2. The summed E-state index contributed by atoms with van der Waals surface area (Å²) in [5, 5.41) is 10.7. The van der Waals surface area contributed by atoms with Crippen molar-refractivity contribution < 1.29 is 9.59 Å². The molecular formula is C16H19N5O2. The number of aromatic nitrogens is 3. The van der Waals surface area contributed by atoms with Crippen LogP contribution in [0.4, 0.5) is 0 Å². The molecule has 0 bridgehead atoms. The Labute approximate surface area is 134 Å². The number of nitrogens with one attached hydrogen (secondary N) is 1. The Morgan fingerprint density at radius 3 is 2.87 bits per heavy atom. The SMILES string of the molecule is CC1Cn2nnc(C(=O)N(C)CCc3ccccc3)c2C(=O)N1. The van der Waals surface area contributed by atoms with Crippen molar-refractivity contribution in [1.29, 1.82) is 0 Å². The number of nitrogens with zero attached hydrogens (tertiary/aromatic N) is 4. The molecule has 2 aromatic rings. The van der Waals surface area contributed by atoms with Crippen molar-refractivity contribution in [3.05, 3.63) is 47.3 Å². The van der Waals surface area contributed by atoms with Gasteiger partial charge in [-0.25, -0.2) is 4.68 Å². The first kappa shape index (κ1) is 15.2. The van der Waals surface area contributed by atoms with Gasteiger partial charge in [0, 0.05) is 19.6 Å². The topological polar surface area (TPSA) is 80.1 Å². The van der Waals surface area contributed by atoms with Crippen LogP contribution in [0.25, 0.3) is 0 Å². The van der Waals surface area contributed by atoms with Gasteiger partial charge in [0.2, 0.25) is 0 Å². The highest BCUT2D eigenvalue weighted by Gasteiger charge is 2.31. The van der Waals surface area contributed by atoms with Crippen molar-refractivity contribution in [3.63, 3.8) is 0 Å². The average Bonchev–Trinajstić information content (AvgIpc) is 2.96. The molecule has 0 fully saturated rings. The van der Waals surface area contributed by atoms with Gasteiger partial charge < -0.3 is 10.2 Å². The normalized spacial score (nSPS) is 16.6. The Morgan fingerprint density at radius 2 is 2.13 bits per heavy atom. The minimum Gasteiger partial charge on any atom is -0.346 e. The molecule has 1 unspecified atom stereocenters. The molecule has 1 N–H and O–H groups in total. The molecule has 1 aromatic heterocycles. The number of likely N-dealkylation sites (N-methyl/N-ethyl adjacent to an activating group) is 1. The summed E-state index contributed by atoms with van der Waals surface area (Å²) in [7, 11) is 1.71. The molecular weight excluding hydrogens is 294 g/mol. The van der Waals surface area contributed by atoms with Gasteiger partial charge in [0.25, 0.3) is 11.8 Å². The standard InChI is InChI=1S/C16H19N5O2/c1-11-10-21-14(15(22)17-11)13(18-19-21)16(23)20(2)9-8-12-6-4-3-5-7-12/h3-7,11H,8-10H2,1-2H3,(H,17,22). The molecule has 1 aliphatic rings. The minimum atomic E-state index is -0.298. The van der Waals surface area contributed by atoms with Crippen molar-refractivity contribution in [1.82, 2.24) is 25.2 Å². The lowest BCUT2D eigenvalue weighted by Gasteiger charge is -2.21. The van der Waals surface area contributed by atoms with E-state index >= 15 is 0 Å². The number of benzene rings is 1. The maximum Gasteiger partial charge on any atom is 0.276 e. The minimum absolute atomic E-state index is 0.0181. The van der Waals surface area contributed by atoms with E-state index in [0.717, 1.165) is 12.0 Å². The van der Waals surface area contributed by atoms with Gasteiger partial charge in [-0.15, -0.1) is 5.10 Å². The van der Waals surface area contributed by atoms with Crippen LogP contribution in [-0.4, -0.2) is 51.3 Å². The van der Waals surface area contributed by atoms with Crippen molar-refractivity contribution in [3.8, 4) is 0 Å². The summed E-state index contributed by atoms with van der Waals surface area (Å²) in [5.74, 6) is -0.583. The highest BCUT2D eigenvalue weighted by molar-refractivity contribution is 6.05. The van der Waals surface area contributed by atoms with Crippen LogP contribution in [0, 0.1) is 0 Å². The van der Waals surface area contributed by atoms with Crippen LogP contribution in [0.15, 0.2) is 30.3 Å². The molecule has 1 atom stereocenters. The molecule has 0 saturated carbocycles.